The molecule has 0 atom stereocenters. The Kier molecular flexibility index (Phi) is 7.59. The maximum atomic E-state index is 12.1. The highest BCUT2D eigenvalue weighted by Gasteiger charge is 2.29. The van der Waals surface area contributed by atoms with Crippen LogP contribution in [0.1, 0.15) is 51.7 Å². The summed E-state index contributed by atoms with van der Waals surface area (Å²) in [5.41, 5.74) is 1.79. The summed E-state index contributed by atoms with van der Waals surface area (Å²) in [5, 5.41) is 0. The zero-order chi connectivity index (χ0) is 17.6. The summed E-state index contributed by atoms with van der Waals surface area (Å²) in [5.74, 6) is 1.13. The van der Waals surface area contributed by atoms with Crippen LogP contribution in [0, 0.1) is 25.2 Å². The van der Waals surface area contributed by atoms with Gasteiger partial charge in [0.25, 0.3) is 0 Å². The van der Waals surface area contributed by atoms with Gasteiger partial charge in [-0.15, -0.1) is 0 Å². The van der Waals surface area contributed by atoms with Crippen molar-refractivity contribution in [1.29, 1.82) is 0 Å². The summed E-state index contributed by atoms with van der Waals surface area (Å²) < 4.78 is 12.3. The number of ether oxygens (including phenoxy) is 2. The smallest absolute Gasteiger partial charge is 0.311 e. The molecule has 0 aromatic heterocycles. The van der Waals surface area contributed by atoms with Crippen molar-refractivity contribution in [1.82, 2.24) is 0 Å². The van der Waals surface area contributed by atoms with Gasteiger partial charge >= 0.3 is 5.97 Å². The van der Waals surface area contributed by atoms with Gasteiger partial charge in [-0.1, -0.05) is 26.0 Å². The molecule has 130 valence electrons. The summed E-state index contributed by atoms with van der Waals surface area (Å²) in [6, 6.07) is 4.13. The Hall–Kier alpha value is -1.03. The van der Waals surface area contributed by atoms with E-state index in [1.807, 2.05) is 41.5 Å². The van der Waals surface area contributed by atoms with Gasteiger partial charge in [-0.2, -0.15) is 0 Å². The van der Waals surface area contributed by atoms with Gasteiger partial charge in [0.15, 0.2) is 0 Å². The highest BCUT2D eigenvalue weighted by molar-refractivity contribution is 9.10. The molecule has 0 spiro atoms. The fraction of sp³-hybridized carbons (Fsp3) is 0.632. The minimum atomic E-state index is -0.475. The molecule has 1 aromatic rings. The maximum Gasteiger partial charge on any atom is 0.311 e. The van der Waals surface area contributed by atoms with Crippen LogP contribution in [0.15, 0.2) is 16.6 Å². The average Bonchev–Trinajstić information content (AvgIpc) is 2.47. The van der Waals surface area contributed by atoms with Gasteiger partial charge in [0.2, 0.25) is 0 Å². The van der Waals surface area contributed by atoms with Crippen LogP contribution in [0.3, 0.4) is 0 Å². The second-order valence-corrected chi connectivity index (χ2v) is 7.96. The van der Waals surface area contributed by atoms with Gasteiger partial charge in [0.1, 0.15) is 5.75 Å². The predicted molar refractivity (Wildman–Crippen MR) is 97.9 cm³/mol. The molecular weight excluding hydrogens is 356 g/mol. The SMILES string of the molecule is Cc1ccc(C)c(OCCCC(C)(C)C(=O)OCC(C)C)c1Br. The third kappa shape index (κ3) is 6.17. The molecule has 0 unspecified atom stereocenters. The lowest BCUT2D eigenvalue weighted by Gasteiger charge is -2.23. The monoisotopic (exact) mass is 384 g/mol. The molecule has 0 fully saturated rings. The normalized spacial score (nSPS) is 11.7. The summed E-state index contributed by atoms with van der Waals surface area (Å²) >= 11 is 3.58. The maximum absolute atomic E-state index is 12.1. The molecule has 0 saturated carbocycles. The molecule has 0 aliphatic rings. The van der Waals surface area contributed by atoms with Crippen LogP contribution in [0.5, 0.6) is 5.75 Å². The average molecular weight is 385 g/mol. The topological polar surface area (TPSA) is 35.5 Å². The van der Waals surface area contributed by atoms with Crippen molar-refractivity contribution in [3.05, 3.63) is 27.7 Å². The number of hydrogen-bond acceptors (Lipinski definition) is 3. The standard InChI is InChI=1S/C19H29BrO3/c1-13(2)12-23-18(21)19(5,6)10-7-11-22-17-15(4)9-8-14(3)16(17)20/h8-9,13H,7,10-12H2,1-6H3. The van der Waals surface area contributed by atoms with E-state index in [0.717, 1.165) is 34.2 Å². The minimum absolute atomic E-state index is 0.126. The molecule has 0 bridgehead atoms. The predicted octanol–water partition coefficient (Wildman–Crippen LogP) is 5.45. The first-order chi connectivity index (χ1) is 10.6. The number of hydrogen-bond donors (Lipinski definition) is 0. The molecule has 1 aromatic carbocycles. The van der Waals surface area contributed by atoms with Gasteiger partial charge in [0.05, 0.1) is 23.1 Å². The number of rotatable bonds is 8. The lowest BCUT2D eigenvalue weighted by atomic mass is 9.88. The second kappa shape index (κ2) is 8.72. The van der Waals surface area contributed by atoms with E-state index < -0.39 is 5.41 Å². The lowest BCUT2D eigenvalue weighted by molar-refractivity contribution is -0.155. The van der Waals surface area contributed by atoms with Crippen molar-refractivity contribution < 1.29 is 14.3 Å². The molecule has 0 heterocycles. The Bertz CT molecular complexity index is 536. The van der Waals surface area contributed by atoms with E-state index in [2.05, 4.69) is 28.1 Å². The van der Waals surface area contributed by atoms with E-state index in [9.17, 15) is 4.79 Å². The van der Waals surface area contributed by atoms with Crippen LogP contribution in [0.25, 0.3) is 0 Å². The van der Waals surface area contributed by atoms with Crippen molar-refractivity contribution >= 4 is 21.9 Å². The number of carbonyl (C=O) groups is 1. The zero-order valence-electron chi connectivity index (χ0n) is 15.2. The number of benzene rings is 1. The van der Waals surface area contributed by atoms with Crippen LogP contribution in [-0.2, 0) is 9.53 Å². The highest BCUT2D eigenvalue weighted by Crippen LogP contribution is 2.32. The van der Waals surface area contributed by atoms with Crippen molar-refractivity contribution in [2.75, 3.05) is 13.2 Å². The molecule has 4 heteroatoms. The van der Waals surface area contributed by atoms with Crippen LogP contribution in [-0.4, -0.2) is 19.2 Å². The Morgan fingerprint density at radius 3 is 2.43 bits per heavy atom. The van der Waals surface area contributed by atoms with E-state index >= 15 is 0 Å². The Morgan fingerprint density at radius 1 is 1.22 bits per heavy atom. The first kappa shape index (κ1) is 20.0. The van der Waals surface area contributed by atoms with Crippen molar-refractivity contribution in [3.63, 3.8) is 0 Å². The molecule has 0 saturated heterocycles. The molecule has 1 rings (SSSR count). The second-order valence-electron chi connectivity index (χ2n) is 7.17. The number of carbonyl (C=O) groups excluding carboxylic acids is 1. The molecule has 0 radical (unpaired) electrons. The van der Waals surface area contributed by atoms with E-state index in [1.165, 1.54) is 0 Å². The Labute approximate surface area is 148 Å². The first-order valence-corrected chi connectivity index (χ1v) is 9.00. The summed E-state index contributed by atoms with van der Waals surface area (Å²) in [7, 11) is 0. The fourth-order valence-electron chi connectivity index (χ4n) is 2.16. The first-order valence-electron chi connectivity index (χ1n) is 8.21. The summed E-state index contributed by atoms with van der Waals surface area (Å²) in [6.07, 6.45) is 1.55. The molecule has 3 nitrogen and oxygen atoms in total. The van der Waals surface area contributed by atoms with Gasteiger partial charge in [-0.05, 0) is 73.5 Å². The molecule has 0 N–H and O–H groups in total. The minimum Gasteiger partial charge on any atom is -0.492 e. The van der Waals surface area contributed by atoms with Crippen LogP contribution >= 0.6 is 15.9 Å². The lowest BCUT2D eigenvalue weighted by Crippen LogP contribution is -2.28. The van der Waals surface area contributed by atoms with E-state index in [-0.39, 0.29) is 5.97 Å². The van der Waals surface area contributed by atoms with E-state index in [4.69, 9.17) is 9.47 Å². The summed E-state index contributed by atoms with van der Waals surface area (Å²) in [6.45, 7) is 13.1. The molecule has 0 aliphatic carbocycles. The molecule has 0 amide bonds. The number of halogens is 1. The summed E-state index contributed by atoms with van der Waals surface area (Å²) in [4.78, 5) is 12.1. The van der Waals surface area contributed by atoms with Crippen LogP contribution in [0.4, 0.5) is 0 Å². The van der Waals surface area contributed by atoms with Crippen molar-refractivity contribution in [2.45, 2.75) is 54.4 Å². The van der Waals surface area contributed by atoms with E-state index in [0.29, 0.717) is 19.1 Å². The van der Waals surface area contributed by atoms with Crippen LogP contribution < -0.4 is 4.74 Å². The van der Waals surface area contributed by atoms with Gasteiger partial charge in [-0.3, -0.25) is 4.79 Å². The molecule has 0 aliphatic heterocycles. The molecular formula is C19H29BrO3. The van der Waals surface area contributed by atoms with Gasteiger partial charge < -0.3 is 9.47 Å². The number of aryl methyl sites for hydroxylation is 2. The van der Waals surface area contributed by atoms with E-state index in [1.54, 1.807) is 0 Å². The Morgan fingerprint density at radius 2 is 1.83 bits per heavy atom. The van der Waals surface area contributed by atoms with Gasteiger partial charge in [0, 0.05) is 0 Å². The molecule has 23 heavy (non-hydrogen) atoms. The van der Waals surface area contributed by atoms with Crippen molar-refractivity contribution in [3.8, 4) is 5.75 Å². The third-order valence-electron chi connectivity index (χ3n) is 3.78. The third-order valence-corrected chi connectivity index (χ3v) is 4.77. The van der Waals surface area contributed by atoms with Gasteiger partial charge in [-0.25, -0.2) is 0 Å². The highest BCUT2D eigenvalue weighted by atomic mass is 79.9. The zero-order valence-corrected chi connectivity index (χ0v) is 16.7. The fourth-order valence-corrected chi connectivity index (χ4v) is 2.72. The Balaban J connectivity index is 2.48. The quantitative estimate of drug-likeness (QED) is 0.441. The number of esters is 1. The van der Waals surface area contributed by atoms with Crippen molar-refractivity contribution in [2.24, 2.45) is 11.3 Å². The van der Waals surface area contributed by atoms with Crippen LogP contribution in [0.2, 0.25) is 0 Å². The largest absolute Gasteiger partial charge is 0.492 e.